The summed E-state index contributed by atoms with van der Waals surface area (Å²) in [5.41, 5.74) is 3.70. The first-order chi connectivity index (χ1) is 11.3. The van der Waals surface area contributed by atoms with Gasteiger partial charge in [-0.1, -0.05) is 36.4 Å². The van der Waals surface area contributed by atoms with E-state index in [1.807, 2.05) is 42.4 Å². The number of benzene rings is 2. The van der Waals surface area contributed by atoms with Gasteiger partial charge in [-0.3, -0.25) is 0 Å². The van der Waals surface area contributed by atoms with Crippen LogP contribution in [0.1, 0.15) is 5.56 Å². The molecule has 0 amide bonds. The second-order valence-electron chi connectivity index (χ2n) is 5.64. The maximum Gasteiger partial charge on any atom is 0.231 e. The van der Waals surface area contributed by atoms with E-state index < -0.39 is 0 Å². The molecule has 0 saturated carbocycles. The standard InChI is InChI=1S/C19H18N4/c1-22(16-8-3-2-4-9-16)19-20-13-11-18(21-19)23-14-12-15-7-5-6-10-17(15)23/h2-11,13H,12,14H2,1H3. The molecule has 1 aliphatic heterocycles. The van der Waals surface area contributed by atoms with Crippen molar-refractivity contribution in [2.45, 2.75) is 6.42 Å². The average molecular weight is 302 g/mol. The summed E-state index contributed by atoms with van der Waals surface area (Å²) in [6.45, 7) is 0.963. The smallest absolute Gasteiger partial charge is 0.231 e. The van der Waals surface area contributed by atoms with Crippen LogP contribution in [0.5, 0.6) is 0 Å². The molecule has 0 atom stereocenters. The first-order valence-corrected chi connectivity index (χ1v) is 7.80. The fraction of sp³-hybridized carbons (Fsp3) is 0.158. The molecule has 4 nitrogen and oxygen atoms in total. The van der Waals surface area contributed by atoms with Gasteiger partial charge in [0.1, 0.15) is 5.82 Å². The molecule has 0 radical (unpaired) electrons. The highest BCUT2D eigenvalue weighted by molar-refractivity contribution is 5.68. The summed E-state index contributed by atoms with van der Waals surface area (Å²) in [4.78, 5) is 13.5. The maximum atomic E-state index is 4.77. The van der Waals surface area contributed by atoms with E-state index in [1.54, 1.807) is 0 Å². The molecule has 0 aliphatic carbocycles. The zero-order chi connectivity index (χ0) is 15.6. The molecular formula is C19H18N4. The van der Waals surface area contributed by atoms with E-state index in [-0.39, 0.29) is 0 Å². The molecular weight excluding hydrogens is 284 g/mol. The maximum absolute atomic E-state index is 4.77. The van der Waals surface area contributed by atoms with Crippen LogP contribution >= 0.6 is 0 Å². The number of hydrogen-bond donors (Lipinski definition) is 0. The van der Waals surface area contributed by atoms with Crippen LogP contribution in [0.2, 0.25) is 0 Å². The molecule has 4 rings (SSSR count). The monoisotopic (exact) mass is 302 g/mol. The van der Waals surface area contributed by atoms with Gasteiger partial charge in [-0.25, -0.2) is 4.98 Å². The molecule has 0 fully saturated rings. The summed E-state index contributed by atoms with van der Waals surface area (Å²) in [5, 5.41) is 0. The van der Waals surface area contributed by atoms with E-state index in [1.165, 1.54) is 11.3 Å². The lowest BCUT2D eigenvalue weighted by atomic mass is 10.2. The van der Waals surface area contributed by atoms with Gasteiger partial charge in [-0.15, -0.1) is 0 Å². The van der Waals surface area contributed by atoms with E-state index in [0.717, 1.165) is 24.5 Å². The van der Waals surface area contributed by atoms with Crippen molar-refractivity contribution in [1.82, 2.24) is 9.97 Å². The molecule has 4 heteroatoms. The van der Waals surface area contributed by atoms with Crippen LogP contribution < -0.4 is 9.80 Å². The SMILES string of the molecule is CN(c1ccccc1)c1nccc(N2CCc3ccccc32)n1. The van der Waals surface area contributed by atoms with Crippen molar-refractivity contribution in [3.63, 3.8) is 0 Å². The Labute approximate surface area is 136 Å². The number of hydrogen-bond acceptors (Lipinski definition) is 4. The van der Waals surface area contributed by atoms with Crippen LogP contribution in [0.3, 0.4) is 0 Å². The summed E-state index contributed by atoms with van der Waals surface area (Å²) >= 11 is 0. The van der Waals surface area contributed by atoms with Gasteiger partial charge >= 0.3 is 0 Å². The summed E-state index contributed by atoms with van der Waals surface area (Å²) in [5.74, 6) is 1.65. The topological polar surface area (TPSA) is 32.3 Å². The summed E-state index contributed by atoms with van der Waals surface area (Å²) < 4.78 is 0. The Morgan fingerprint density at radius 3 is 2.61 bits per heavy atom. The second-order valence-corrected chi connectivity index (χ2v) is 5.64. The highest BCUT2D eigenvalue weighted by atomic mass is 15.3. The van der Waals surface area contributed by atoms with Crippen LogP contribution in [-0.2, 0) is 6.42 Å². The number of rotatable bonds is 3. The molecule has 23 heavy (non-hydrogen) atoms. The van der Waals surface area contributed by atoms with Gasteiger partial charge in [0.15, 0.2) is 0 Å². The van der Waals surface area contributed by atoms with Gasteiger partial charge in [0.05, 0.1) is 0 Å². The summed E-state index contributed by atoms with van der Waals surface area (Å²) in [6.07, 6.45) is 2.89. The highest BCUT2D eigenvalue weighted by Gasteiger charge is 2.21. The number of fused-ring (bicyclic) bond motifs is 1. The fourth-order valence-electron chi connectivity index (χ4n) is 2.99. The van der Waals surface area contributed by atoms with Crippen LogP contribution in [0, 0.1) is 0 Å². The lowest BCUT2D eigenvalue weighted by Crippen LogP contribution is -2.18. The third-order valence-electron chi connectivity index (χ3n) is 4.24. The lowest BCUT2D eigenvalue weighted by molar-refractivity contribution is 0.951. The third kappa shape index (κ3) is 2.52. The van der Waals surface area contributed by atoms with Crippen molar-refractivity contribution in [2.75, 3.05) is 23.4 Å². The molecule has 1 aliphatic rings. The van der Waals surface area contributed by atoms with E-state index in [4.69, 9.17) is 4.98 Å². The third-order valence-corrected chi connectivity index (χ3v) is 4.24. The largest absolute Gasteiger partial charge is 0.326 e. The van der Waals surface area contributed by atoms with Crippen molar-refractivity contribution >= 4 is 23.1 Å². The first kappa shape index (κ1) is 13.8. The lowest BCUT2D eigenvalue weighted by Gasteiger charge is -2.21. The van der Waals surface area contributed by atoms with E-state index in [2.05, 4.69) is 46.3 Å². The molecule has 0 spiro atoms. The minimum Gasteiger partial charge on any atom is -0.326 e. The van der Waals surface area contributed by atoms with Crippen molar-refractivity contribution in [3.8, 4) is 0 Å². The van der Waals surface area contributed by atoms with Gasteiger partial charge < -0.3 is 9.80 Å². The van der Waals surface area contributed by atoms with Crippen molar-refractivity contribution in [2.24, 2.45) is 0 Å². The van der Waals surface area contributed by atoms with Gasteiger partial charge in [0.25, 0.3) is 0 Å². The Morgan fingerprint density at radius 1 is 0.957 bits per heavy atom. The first-order valence-electron chi connectivity index (χ1n) is 7.80. The summed E-state index contributed by atoms with van der Waals surface area (Å²) in [6, 6.07) is 20.7. The molecule has 2 heterocycles. The van der Waals surface area contributed by atoms with Gasteiger partial charge in [0.2, 0.25) is 5.95 Å². The predicted molar refractivity (Wildman–Crippen MR) is 93.7 cm³/mol. The van der Waals surface area contributed by atoms with Gasteiger partial charge in [-0.05, 0) is 36.2 Å². The number of anilines is 4. The highest BCUT2D eigenvalue weighted by Crippen LogP contribution is 2.33. The van der Waals surface area contributed by atoms with E-state index in [9.17, 15) is 0 Å². The fourth-order valence-corrected chi connectivity index (χ4v) is 2.99. The van der Waals surface area contributed by atoms with Gasteiger partial charge in [0, 0.05) is 31.2 Å². The van der Waals surface area contributed by atoms with Crippen LogP contribution in [0.15, 0.2) is 66.9 Å². The Balaban J connectivity index is 1.68. The predicted octanol–water partition coefficient (Wildman–Crippen LogP) is 3.94. The van der Waals surface area contributed by atoms with Crippen LogP contribution in [0.25, 0.3) is 0 Å². The van der Waals surface area contributed by atoms with Crippen LogP contribution in [-0.4, -0.2) is 23.6 Å². The normalized spacial score (nSPS) is 13.0. The van der Waals surface area contributed by atoms with Crippen molar-refractivity contribution in [3.05, 3.63) is 72.4 Å². The molecule has 0 unspecified atom stereocenters. The molecule has 114 valence electrons. The zero-order valence-electron chi connectivity index (χ0n) is 13.1. The molecule has 3 aromatic rings. The molecule has 0 N–H and O–H groups in total. The van der Waals surface area contributed by atoms with Crippen molar-refractivity contribution < 1.29 is 0 Å². The molecule has 0 saturated heterocycles. The number of aromatic nitrogens is 2. The number of nitrogens with zero attached hydrogens (tertiary/aromatic N) is 4. The van der Waals surface area contributed by atoms with E-state index >= 15 is 0 Å². The Morgan fingerprint density at radius 2 is 1.74 bits per heavy atom. The minimum atomic E-state index is 0.707. The van der Waals surface area contributed by atoms with E-state index in [0.29, 0.717) is 5.95 Å². The Kier molecular flexibility index (Phi) is 3.42. The Bertz CT molecular complexity index is 816. The van der Waals surface area contributed by atoms with Gasteiger partial charge in [-0.2, -0.15) is 4.98 Å². The molecule has 0 bridgehead atoms. The minimum absolute atomic E-state index is 0.707. The summed E-state index contributed by atoms with van der Waals surface area (Å²) in [7, 11) is 1.99. The second kappa shape index (κ2) is 5.72. The number of para-hydroxylation sites is 2. The zero-order valence-corrected chi connectivity index (χ0v) is 13.1. The van der Waals surface area contributed by atoms with Crippen LogP contribution in [0.4, 0.5) is 23.1 Å². The average Bonchev–Trinajstić information content (AvgIpc) is 3.06. The quantitative estimate of drug-likeness (QED) is 0.733. The molecule has 1 aromatic heterocycles. The molecule has 2 aromatic carbocycles. The Hall–Kier alpha value is -2.88. The van der Waals surface area contributed by atoms with Crippen molar-refractivity contribution in [1.29, 1.82) is 0 Å².